The van der Waals surface area contributed by atoms with Crippen LogP contribution >= 0.6 is 11.8 Å². The van der Waals surface area contributed by atoms with E-state index in [2.05, 4.69) is 31.0 Å². The van der Waals surface area contributed by atoms with Gasteiger partial charge in [-0.3, -0.25) is 0 Å². The van der Waals surface area contributed by atoms with Gasteiger partial charge in [0, 0.05) is 30.1 Å². The lowest BCUT2D eigenvalue weighted by molar-refractivity contribution is 0.594. The molecule has 1 aliphatic rings. The molecule has 0 bridgehead atoms. The highest BCUT2D eigenvalue weighted by molar-refractivity contribution is 8.00. The molecule has 0 amide bonds. The first-order chi connectivity index (χ1) is 10.0. The fourth-order valence-corrected chi connectivity index (χ4v) is 3.80. The predicted octanol–water partition coefficient (Wildman–Crippen LogP) is 4.05. The summed E-state index contributed by atoms with van der Waals surface area (Å²) in [5.41, 5.74) is 1.88. The summed E-state index contributed by atoms with van der Waals surface area (Å²) in [4.78, 5) is 2.24. The summed E-state index contributed by atoms with van der Waals surface area (Å²) in [7, 11) is 0. The van der Waals surface area contributed by atoms with Gasteiger partial charge in [0.1, 0.15) is 5.82 Å². The molecule has 0 atom stereocenters. The molecule has 0 radical (unpaired) electrons. The van der Waals surface area contributed by atoms with Gasteiger partial charge < -0.3 is 10.2 Å². The van der Waals surface area contributed by atoms with Crippen molar-refractivity contribution in [2.45, 2.75) is 44.9 Å². The molecule has 1 heterocycles. The van der Waals surface area contributed by atoms with E-state index in [-0.39, 0.29) is 5.82 Å². The van der Waals surface area contributed by atoms with Crippen LogP contribution in [0.15, 0.2) is 18.2 Å². The first-order valence-electron chi connectivity index (χ1n) is 7.90. The molecule has 0 unspecified atom stereocenters. The topological polar surface area (TPSA) is 15.3 Å². The quantitative estimate of drug-likeness (QED) is 0.826. The molecule has 0 saturated carbocycles. The van der Waals surface area contributed by atoms with Crippen LogP contribution < -0.4 is 10.2 Å². The normalized spacial score (nSPS) is 18.6. The average molecular weight is 310 g/mol. The van der Waals surface area contributed by atoms with E-state index >= 15 is 0 Å². The van der Waals surface area contributed by atoms with E-state index < -0.39 is 0 Å². The fourth-order valence-electron chi connectivity index (χ4n) is 2.70. The SMILES string of the molecule is CCCNCc1cccc(F)c1N1CCSC(C)(C)CC1. The molecule has 21 heavy (non-hydrogen) atoms. The smallest absolute Gasteiger partial charge is 0.146 e. The summed E-state index contributed by atoms with van der Waals surface area (Å²) in [5.74, 6) is 0.971. The van der Waals surface area contributed by atoms with Gasteiger partial charge in [0.05, 0.1) is 5.69 Å². The van der Waals surface area contributed by atoms with Crippen molar-refractivity contribution < 1.29 is 4.39 Å². The van der Waals surface area contributed by atoms with Crippen molar-refractivity contribution in [3.8, 4) is 0 Å². The summed E-state index contributed by atoms with van der Waals surface area (Å²) >= 11 is 1.99. The number of nitrogens with zero attached hydrogens (tertiary/aromatic N) is 1. The number of rotatable bonds is 5. The third-order valence-electron chi connectivity index (χ3n) is 3.97. The number of benzene rings is 1. The summed E-state index contributed by atoms with van der Waals surface area (Å²) < 4.78 is 14.7. The van der Waals surface area contributed by atoms with Gasteiger partial charge in [-0.25, -0.2) is 4.39 Å². The van der Waals surface area contributed by atoms with Crippen LogP contribution in [-0.4, -0.2) is 30.1 Å². The Kier molecular flexibility index (Phi) is 5.94. The van der Waals surface area contributed by atoms with E-state index in [4.69, 9.17) is 0 Å². The molecule has 1 aliphatic heterocycles. The van der Waals surface area contributed by atoms with E-state index in [1.54, 1.807) is 6.07 Å². The Balaban J connectivity index is 2.17. The monoisotopic (exact) mass is 310 g/mol. The maximum absolute atomic E-state index is 14.4. The molecule has 0 spiro atoms. The number of anilines is 1. The van der Waals surface area contributed by atoms with Crippen molar-refractivity contribution in [1.82, 2.24) is 5.32 Å². The van der Waals surface area contributed by atoms with Crippen LogP contribution in [0.5, 0.6) is 0 Å². The maximum Gasteiger partial charge on any atom is 0.146 e. The van der Waals surface area contributed by atoms with Crippen LogP contribution in [0.25, 0.3) is 0 Å². The predicted molar refractivity (Wildman–Crippen MR) is 91.8 cm³/mol. The van der Waals surface area contributed by atoms with Gasteiger partial charge in [-0.2, -0.15) is 11.8 Å². The molecule has 1 aromatic carbocycles. The average Bonchev–Trinajstić information content (AvgIpc) is 2.60. The van der Waals surface area contributed by atoms with Gasteiger partial charge in [0.2, 0.25) is 0 Å². The van der Waals surface area contributed by atoms with Gasteiger partial charge in [0.15, 0.2) is 0 Å². The zero-order valence-corrected chi connectivity index (χ0v) is 14.2. The summed E-state index contributed by atoms with van der Waals surface area (Å²) in [6.07, 6.45) is 2.19. The van der Waals surface area contributed by atoms with Crippen LogP contribution in [0.3, 0.4) is 0 Å². The van der Waals surface area contributed by atoms with Crippen LogP contribution in [0.4, 0.5) is 10.1 Å². The number of nitrogens with one attached hydrogen (secondary N) is 1. The number of para-hydroxylation sites is 1. The van der Waals surface area contributed by atoms with Crippen LogP contribution in [0, 0.1) is 5.82 Å². The highest BCUT2D eigenvalue weighted by Gasteiger charge is 2.25. The second kappa shape index (κ2) is 7.50. The van der Waals surface area contributed by atoms with Crippen molar-refractivity contribution in [3.05, 3.63) is 29.6 Å². The first-order valence-corrected chi connectivity index (χ1v) is 8.89. The lowest BCUT2D eigenvalue weighted by Crippen LogP contribution is -2.29. The van der Waals surface area contributed by atoms with E-state index in [1.165, 1.54) is 0 Å². The van der Waals surface area contributed by atoms with E-state index in [1.807, 2.05) is 23.9 Å². The number of hydrogen-bond donors (Lipinski definition) is 1. The number of hydrogen-bond acceptors (Lipinski definition) is 3. The molecule has 1 saturated heterocycles. The molecule has 118 valence electrons. The van der Waals surface area contributed by atoms with Crippen LogP contribution in [0.2, 0.25) is 0 Å². The lowest BCUT2D eigenvalue weighted by Gasteiger charge is -2.27. The molecular formula is C17H27FN2S. The van der Waals surface area contributed by atoms with Gasteiger partial charge in [-0.1, -0.05) is 32.9 Å². The summed E-state index contributed by atoms with van der Waals surface area (Å²) in [6.45, 7) is 10.3. The van der Waals surface area contributed by atoms with E-state index in [9.17, 15) is 4.39 Å². The maximum atomic E-state index is 14.4. The van der Waals surface area contributed by atoms with E-state index in [0.29, 0.717) is 4.75 Å². The van der Waals surface area contributed by atoms with Crippen molar-refractivity contribution in [2.24, 2.45) is 0 Å². The highest BCUT2D eigenvalue weighted by atomic mass is 32.2. The standard InChI is InChI=1S/C17H27FN2S/c1-4-9-19-13-14-6-5-7-15(18)16(14)20-10-8-17(2,3)21-12-11-20/h5-7,19H,4,8-13H2,1-3H3. The number of halogens is 1. The molecule has 0 aliphatic carbocycles. The van der Waals surface area contributed by atoms with Crippen molar-refractivity contribution in [1.29, 1.82) is 0 Å². The lowest BCUT2D eigenvalue weighted by atomic mass is 10.1. The molecular weight excluding hydrogens is 283 g/mol. The Morgan fingerprint density at radius 2 is 2.14 bits per heavy atom. The summed E-state index contributed by atoms with van der Waals surface area (Å²) in [6, 6.07) is 5.45. The molecule has 4 heteroatoms. The molecule has 1 fully saturated rings. The largest absolute Gasteiger partial charge is 0.368 e. The van der Waals surface area contributed by atoms with Gasteiger partial charge in [-0.05, 0) is 31.0 Å². The minimum absolute atomic E-state index is 0.0875. The van der Waals surface area contributed by atoms with Gasteiger partial charge in [0.25, 0.3) is 0 Å². The summed E-state index contributed by atoms with van der Waals surface area (Å²) in [5, 5.41) is 3.39. The minimum Gasteiger partial charge on any atom is -0.368 e. The zero-order chi connectivity index (χ0) is 15.3. The first kappa shape index (κ1) is 16.6. The van der Waals surface area contributed by atoms with Gasteiger partial charge >= 0.3 is 0 Å². The molecule has 1 aromatic rings. The Morgan fingerprint density at radius 3 is 2.90 bits per heavy atom. The Morgan fingerprint density at radius 1 is 1.33 bits per heavy atom. The van der Waals surface area contributed by atoms with Crippen molar-refractivity contribution >= 4 is 17.4 Å². The van der Waals surface area contributed by atoms with Gasteiger partial charge in [-0.15, -0.1) is 0 Å². The minimum atomic E-state index is -0.0875. The molecule has 1 N–H and O–H groups in total. The third kappa shape index (κ3) is 4.62. The van der Waals surface area contributed by atoms with E-state index in [0.717, 1.165) is 56.0 Å². The third-order valence-corrected chi connectivity index (χ3v) is 5.34. The Labute approximate surface area is 132 Å². The Bertz CT molecular complexity index is 462. The Hall–Kier alpha value is -0.740. The van der Waals surface area contributed by atoms with Crippen LogP contribution in [-0.2, 0) is 6.54 Å². The number of thioether (sulfide) groups is 1. The zero-order valence-electron chi connectivity index (χ0n) is 13.4. The van der Waals surface area contributed by atoms with Crippen molar-refractivity contribution in [2.75, 3.05) is 30.3 Å². The van der Waals surface area contributed by atoms with Crippen molar-refractivity contribution in [3.63, 3.8) is 0 Å². The molecule has 2 nitrogen and oxygen atoms in total. The second-order valence-electron chi connectivity index (χ2n) is 6.27. The highest BCUT2D eigenvalue weighted by Crippen LogP contribution is 2.34. The fraction of sp³-hybridized carbons (Fsp3) is 0.647. The second-order valence-corrected chi connectivity index (χ2v) is 8.07. The van der Waals surface area contributed by atoms with Crippen LogP contribution in [0.1, 0.15) is 39.2 Å². The molecule has 0 aromatic heterocycles. The molecule has 2 rings (SSSR count).